The molecule has 1 heterocycles. The van der Waals surface area contributed by atoms with Crippen molar-refractivity contribution in [2.75, 3.05) is 0 Å². The first-order chi connectivity index (χ1) is 13.4. The zero-order valence-corrected chi connectivity index (χ0v) is 19.4. The Morgan fingerprint density at radius 3 is 1.93 bits per heavy atom. The number of hydrogen-bond donors (Lipinski definition) is 0. The lowest BCUT2D eigenvalue weighted by Gasteiger charge is -2.10. The molecule has 4 aromatic rings. The van der Waals surface area contributed by atoms with Gasteiger partial charge >= 0.3 is 0 Å². The van der Waals surface area contributed by atoms with E-state index in [1.165, 1.54) is 0 Å². The second-order valence-corrected chi connectivity index (χ2v) is 8.99. The van der Waals surface area contributed by atoms with Crippen LogP contribution in [0.5, 0.6) is 0 Å². The summed E-state index contributed by atoms with van der Waals surface area (Å²) in [4.78, 5) is 0. The molecule has 4 rings (SSSR count). The standard InChI is InChI=1S/C22H14Br2Cl2N2/c1-13-2-11-18(12-19(13)25)28-22(15-5-9-17(24)10-6-15)20(26)21(27-28)14-3-7-16(23)8-4-14/h2-12H,1H3. The van der Waals surface area contributed by atoms with E-state index in [0.29, 0.717) is 10.0 Å². The molecule has 1 aromatic heterocycles. The fourth-order valence-electron chi connectivity index (χ4n) is 2.95. The fourth-order valence-corrected chi connectivity index (χ4v) is 3.99. The summed E-state index contributed by atoms with van der Waals surface area (Å²) >= 11 is 20.2. The minimum atomic E-state index is 0.598. The molecule has 0 saturated heterocycles. The van der Waals surface area contributed by atoms with Crippen LogP contribution in [0.2, 0.25) is 10.0 Å². The third-order valence-electron chi connectivity index (χ3n) is 4.46. The Labute approximate surface area is 190 Å². The van der Waals surface area contributed by atoms with Crippen molar-refractivity contribution in [2.24, 2.45) is 0 Å². The number of halogens is 4. The van der Waals surface area contributed by atoms with E-state index in [4.69, 9.17) is 28.3 Å². The zero-order valence-electron chi connectivity index (χ0n) is 14.8. The summed E-state index contributed by atoms with van der Waals surface area (Å²) in [6.07, 6.45) is 0. The highest BCUT2D eigenvalue weighted by atomic mass is 79.9. The van der Waals surface area contributed by atoms with Gasteiger partial charge in [0.05, 0.1) is 16.4 Å². The van der Waals surface area contributed by atoms with Crippen LogP contribution in [0.4, 0.5) is 0 Å². The molecule has 0 aliphatic carbocycles. The molecule has 0 unspecified atom stereocenters. The molecule has 0 bridgehead atoms. The second-order valence-electron chi connectivity index (χ2n) is 6.37. The van der Waals surface area contributed by atoms with Crippen LogP contribution in [0.15, 0.2) is 75.7 Å². The molecule has 28 heavy (non-hydrogen) atoms. The number of benzene rings is 3. The first kappa shape index (κ1) is 19.7. The Morgan fingerprint density at radius 2 is 1.36 bits per heavy atom. The molecule has 0 amide bonds. The summed E-state index contributed by atoms with van der Waals surface area (Å²) in [5.41, 5.74) is 5.35. The van der Waals surface area contributed by atoms with Gasteiger partial charge in [0.25, 0.3) is 0 Å². The molecule has 3 aromatic carbocycles. The van der Waals surface area contributed by atoms with Gasteiger partial charge in [-0.05, 0) is 48.9 Å². The monoisotopic (exact) mass is 534 g/mol. The van der Waals surface area contributed by atoms with Crippen LogP contribution in [-0.2, 0) is 0 Å². The second kappa shape index (κ2) is 8.03. The van der Waals surface area contributed by atoms with E-state index in [1.54, 1.807) is 0 Å². The van der Waals surface area contributed by atoms with Crippen molar-refractivity contribution in [1.82, 2.24) is 9.78 Å². The van der Waals surface area contributed by atoms with Crippen molar-refractivity contribution < 1.29 is 0 Å². The lowest BCUT2D eigenvalue weighted by molar-refractivity contribution is 0.891. The van der Waals surface area contributed by atoms with E-state index in [1.807, 2.05) is 78.3 Å². The summed E-state index contributed by atoms with van der Waals surface area (Å²) in [6.45, 7) is 1.98. The molecule has 0 aliphatic rings. The quantitative estimate of drug-likeness (QED) is 0.257. The van der Waals surface area contributed by atoms with E-state index < -0.39 is 0 Å². The Balaban J connectivity index is 1.97. The summed E-state index contributed by atoms with van der Waals surface area (Å²) in [5.74, 6) is 0. The normalized spacial score (nSPS) is 11.0. The van der Waals surface area contributed by atoms with Gasteiger partial charge in [-0.3, -0.25) is 0 Å². The van der Waals surface area contributed by atoms with Crippen molar-refractivity contribution in [3.63, 3.8) is 0 Å². The lowest BCUT2D eigenvalue weighted by atomic mass is 10.1. The maximum atomic E-state index is 6.86. The van der Waals surface area contributed by atoms with Crippen LogP contribution in [0.3, 0.4) is 0 Å². The van der Waals surface area contributed by atoms with Gasteiger partial charge in [-0.2, -0.15) is 5.10 Å². The number of nitrogens with zero attached hydrogens (tertiary/aromatic N) is 2. The van der Waals surface area contributed by atoms with Gasteiger partial charge in [0, 0.05) is 25.1 Å². The average molecular weight is 537 g/mol. The van der Waals surface area contributed by atoms with E-state index >= 15 is 0 Å². The fraction of sp³-hybridized carbons (Fsp3) is 0.0455. The average Bonchev–Trinajstić information content (AvgIpc) is 3.02. The summed E-state index contributed by atoms with van der Waals surface area (Å²) in [6, 6.07) is 21.9. The van der Waals surface area contributed by atoms with Gasteiger partial charge in [-0.1, -0.05) is 85.4 Å². The summed E-state index contributed by atoms with van der Waals surface area (Å²) < 4.78 is 3.86. The topological polar surface area (TPSA) is 17.8 Å². The highest BCUT2D eigenvalue weighted by Gasteiger charge is 2.20. The van der Waals surface area contributed by atoms with Crippen LogP contribution in [0.25, 0.3) is 28.2 Å². The highest BCUT2D eigenvalue weighted by molar-refractivity contribution is 9.10. The van der Waals surface area contributed by atoms with Gasteiger partial charge < -0.3 is 0 Å². The van der Waals surface area contributed by atoms with Crippen LogP contribution in [0.1, 0.15) is 5.56 Å². The van der Waals surface area contributed by atoms with Crippen molar-refractivity contribution >= 4 is 55.1 Å². The van der Waals surface area contributed by atoms with Crippen molar-refractivity contribution in [2.45, 2.75) is 6.92 Å². The molecule has 0 spiro atoms. The molecule has 0 radical (unpaired) electrons. The van der Waals surface area contributed by atoms with Crippen LogP contribution >= 0.6 is 55.1 Å². The third-order valence-corrected chi connectivity index (χ3v) is 6.29. The molecule has 2 nitrogen and oxygen atoms in total. The molecule has 0 aliphatic heterocycles. The van der Waals surface area contributed by atoms with Crippen LogP contribution < -0.4 is 0 Å². The molecule has 0 N–H and O–H groups in total. The molecule has 0 atom stereocenters. The van der Waals surface area contributed by atoms with E-state index in [2.05, 4.69) is 31.9 Å². The number of aromatic nitrogens is 2. The van der Waals surface area contributed by atoms with Crippen molar-refractivity contribution in [3.05, 3.63) is 91.3 Å². The first-order valence-corrected chi connectivity index (χ1v) is 10.8. The maximum Gasteiger partial charge on any atom is 0.112 e. The summed E-state index contributed by atoms with van der Waals surface area (Å²) in [7, 11) is 0. The lowest BCUT2D eigenvalue weighted by Crippen LogP contribution is -2.00. The largest absolute Gasteiger partial charge is 0.231 e. The molecule has 6 heteroatoms. The minimum Gasteiger partial charge on any atom is -0.231 e. The van der Waals surface area contributed by atoms with Crippen molar-refractivity contribution in [1.29, 1.82) is 0 Å². The number of hydrogen-bond acceptors (Lipinski definition) is 1. The number of rotatable bonds is 3. The SMILES string of the molecule is Cc1ccc(-n2nc(-c3ccc(Br)cc3)c(Cl)c2-c2ccc(Br)cc2)cc1Cl. The predicted octanol–water partition coefficient (Wildman–Crippen LogP) is 8.35. The molecule has 0 saturated carbocycles. The van der Waals surface area contributed by atoms with Gasteiger partial charge in [-0.15, -0.1) is 0 Å². The van der Waals surface area contributed by atoms with E-state index in [-0.39, 0.29) is 0 Å². The van der Waals surface area contributed by atoms with Gasteiger partial charge in [0.15, 0.2) is 0 Å². The maximum absolute atomic E-state index is 6.86. The minimum absolute atomic E-state index is 0.598. The highest BCUT2D eigenvalue weighted by Crippen LogP contribution is 2.39. The predicted molar refractivity (Wildman–Crippen MR) is 125 cm³/mol. The molecular formula is C22H14Br2Cl2N2. The van der Waals surface area contributed by atoms with Crippen molar-refractivity contribution in [3.8, 4) is 28.2 Å². The number of aryl methyl sites for hydroxylation is 1. The van der Waals surface area contributed by atoms with E-state index in [9.17, 15) is 0 Å². The Bertz CT molecular complexity index is 1150. The Morgan fingerprint density at radius 1 is 0.786 bits per heavy atom. The van der Waals surface area contributed by atoms with Crippen LogP contribution in [-0.4, -0.2) is 9.78 Å². The zero-order chi connectivity index (χ0) is 19.8. The third kappa shape index (κ3) is 3.79. The Hall–Kier alpha value is -1.59. The molecule has 140 valence electrons. The first-order valence-electron chi connectivity index (χ1n) is 8.51. The van der Waals surface area contributed by atoms with Crippen LogP contribution in [0, 0.1) is 6.92 Å². The smallest absolute Gasteiger partial charge is 0.112 e. The van der Waals surface area contributed by atoms with Gasteiger partial charge in [0.1, 0.15) is 5.69 Å². The Kier molecular flexibility index (Phi) is 5.66. The summed E-state index contributed by atoms with van der Waals surface area (Å²) in [5, 5.41) is 6.14. The van der Waals surface area contributed by atoms with Gasteiger partial charge in [0.2, 0.25) is 0 Å². The molecule has 0 fully saturated rings. The molecular weight excluding hydrogens is 523 g/mol. The van der Waals surface area contributed by atoms with Gasteiger partial charge in [-0.25, -0.2) is 4.68 Å². The van der Waals surface area contributed by atoms with E-state index in [0.717, 1.165) is 42.7 Å².